The third-order valence-corrected chi connectivity index (χ3v) is 3.82. The summed E-state index contributed by atoms with van der Waals surface area (Å²) in [6.07, 6.45) is 2.38. The van der Waals surface area contributed by atoms with E-state index in [1.807, 2.05) is 0 Å². The van der Waals surface area contributed by atoms with Crippen molar-refractivity contribution in [1.29, 1.82) is 0 Å². The second-order valence-electron chi connectivity index (χ2n) is 6.36. The van der Waals surface area contributed by atoms with Gasteiger partial charge in [-0.3, -0.25) is 0 Å². The monoisotopic (exact) mass is 233 g/mol. The average molecular weight is 233 g/mol. The SMILES string of the molecule is CC(C)(C)c1ccc(C2(O)CCC(N)C2)cc1. The molecule has 0 bridgehead atoms. The van der Waals surface area contributed by atoms with E-state index < -0.39 is 5.60 Å². The van der Waals surface area contributed by atoms with Crippen LogP contribution >= 0.6 is 0 Å². The van der Waals surface area contributed by atoms with Crippen molar-refractivity contribution in [2.45, 2.75) is 57.1 Å². The highest BCUT2D eigenvalue weighted by molar-refractivity contribution is 5.31. The smallest absolute Gasteiger partial charge is 0.0911 e. The lowest BCUT2D eigenvalue weighted by molar-refractivity contribution is 0.0431. The molecular weight excluding hydrogens is 210 g/mol. The highest BCUT2D eigenvalue weighted by atomic mass is 16.3. The first-order chi connectivity index (χ1) is 7.81. The molecule has 1 aliphatic carbocycles. The third-order valence-electron chi connectivity index (χ3n) is 3.82. The van der Waals surface area contributed by atoms with E-state index in [0.717, 1.165) is 18.4 Å². The second kappa shape index (κ2) is 4.11. The lowest BCUT2D eigenvalue weighted by atomic mass is 9.84. The predicted octanol–water partition coefficient (Wildman–Crippen LogP) is 2.68. The Balaban J connectivity index is 2.24. The van der Waals surface area contributed by atoms with Crippen LogP contribution < -0.4 is 5.73 Å². The van der Waals surface area contributed by atoms with Gasteiger partial charge in [0.05, 0.1) is 5.60 Å². The third kappa shape index (κ3) is 2.53. The van der Waals surface area contributed by atoms with Crippen LogP contribution in [-0.2, 0) is 11.0 Å². The van der Waals surface area contributed by atoms with Crippen LogP contribution in [0.25, 0.3) is 0 Å². The molecule has 0 saturated heterocycles. The first-order valence-corrected chi connectivity index (χ1v) is 6.40. The first-order valence-electron chi connectivity index (χ1n) is 6.40. The van der Waals surface area contributed by atoms with E-state index in [1.54, 1.807) is 0 Å². The van der Waals surface area contributed by atoms with E-state index >= 15 is 0 Å². The van der Waals surface area contributed by atoms with Crippen LogP contribution in [0, 0.1) is 0 Å². The van der Waals surface area contributed by atoms with Crippen molar-refractivity contribution in [2.24, 2.45) is 5.73 Å². The standard InChI is InChI=1S/C15H23NO/c1-14(2,3)11-4-6-12(7-5-11)15(17)9-8-13(16)10-15/h4-7,13,17H,8-10,16H2,1-3H3. The molecule has 2 nitrogen and oxygen atoms in total. The van der Waals surface area contributed by atoms with E-state index in [2.05, 4.69) is 45.0 Å². The van der Waals surface area contributed by atoms with Crippen molar-refractivity contribution in [2.75, 3.05) is 0 Å². The Morgan fingerprint density at radius 3 is 2.24 bits per heavy atom. The fourth-order valence-electron chi connectivity index (χ4n) is 2.60. The molecule has 94 valence electrons. The van der Waals surface area contributed by atoms with Gasteiger partial charge in [0.1, 0.15) is 0 Å². The summed E-state index contributed by atoms with van der Waals surface area (Å²) in [5, 5.41) is 10.5. The van der Waals surface area contributed by atoms with E-state index in [0.29, 0.717) is 6.42 Å². The Morgan fingerprint density at radius 1 is 1.24 bits per heavy atom. The predicted molar refractivity (Wildman–Crippen MR) is 70.9 cm³/mol. The Labute approximate surface area is 104 Å². The fourth-order valence-corrected chi connectivity index (χ4v) is 2.60. The molecule has 3 N–H and O–H groups in total. The molecule has 1 saturated carbocycles. The van der Waals surface area contributed by atoms with Crippen molar-refractivity contribution >= 4 is 0 Å². The summed E-state index contributed by atoms with van der Waals surface area (Å²) in [5.74, 6) is 0. The van der Waals surface area contributed by atoms with Crippen LogP contribution in [0.4, 0.5) is 0 Å². The normalized spacial score (nSPS) is 29.6. The summed E-state index contributed by atoms with van der Waals surface area (Å²) in [5.41, 5.74) is 7.66. The number of benzene rings is 1. The molecule has 2 atom stereocenters. The molecule has 0 amide bonds. The van der Waals surface area contributed by atoms with E-state index in [1.165, 1.54) is 5.56 Å². The summed E-state index contributed by atoms with van der Waals surface area (Å²) in [7, 11) is 0. The van der Waals surface area contributed by atoms with Crippen LogP contribution in [0.1, 0.15) is 51.2 Å². The summed E-state index contributed by atoms with van der Waals surface area (Å²) < 4.78 is 0. The molecule has 1 fully saturated rings. The fraction of sp³-hybridized carbons (Fsp3) is 0.600. The summed E-state index contributed by atoms with van der Waals surface area (Å²) in [6, 6.07) is 8.49. The van der Waals surface area contributed by atoms with Gasteiger partial charge in [0, 0.05) is 6.04 Å². The largest absolute Gasteiger partial charge is 0.385 e. The molecule has 2 heteroatoms. The van der Waals surface area contributed by atoms with Crippen molar-refractivity contribution < 1.29 is 5.11 Å². The zero-order chi connectivity index (χ0) is 12.7. The average Bonchev–Trinajstić information content (AvgIpc) is 2.59. The van der Waals surface area contributed by atoms with Gasteiger partial charge in [0.25, 0.3) is 0 Å². The van der Waals surface area contributed by atoms with Crippen molar-refractivity contribution in [3.05, 3.63) is 35.4 Å². The minimum absolute atomic E-state index is 0.141. The Morgan fingerprint density at radius 2 is 1.82 bits per heavy atom. The highest BCUT2D eigenvalue weighted by Gasteiger charge is 2.37. The Kier molecular flexibility index (Phi) is 3.04. The van der Waals surface area contributed by atoms with Gasteiger partial charge in [-0.2, -0.15) is 0 Å². The molecule has 1 aromatic rings. The molecule has 0 radical (unpaired) electrons. The zero-order valence-electron chi connectivity index (χ0n) is 11.0. The van der Waals surface area contributed by atoms with Crippen LogP contribution in [0.2, 0.25) is 0 Å². The van der Waals surface area contributed by atoms with Gasteiger partial charge in [0.15, 0.2) is 0 Å². The van der Waals surface area contributed by atoms with Gasteiger partial charge in [-0.05, 0) is 35.8 Å². The number of hydrogen-bond donors (Lipinski definition) is 2. The van der Waals surface area contributed by atoms with E-state index in [4.69, 9.17) is 5.73 Å². The van der Waals surface area contributed by atoms with Crippen molar-refractivity contribution in [1.82, 2.24) is 0 Å². The van der Waals surface area contributed by atoms with Gasteiger partial charge in [-0.15, -0.1) is 0 Å². The first kappa shape index (κ1) is 12.6. The Hall–Kier alpha value is -0.860. The number of hydrogen-bond acceptors (Lipinski definition) is 2. The molecule has 0 aliphatic heterocycles. The molecule has 1 aromatic carbocycles. The van der Waals surface area contributed by atoms with Gasteiger partial charge < -0.3 is 10.8 Å². The zero-order valence-corrected chi connectivity index (χ0v) is 11.0. The molecule has 2 rings (SSSR count). The summed E-state index contributed by atoms with van der Waals surface area (Å²) in [4.78, 5) is 0. The minimum Gasteiger partial charge on any atom is -0.385 e. The lowest BCUT2D eigenvalue weighted by Crippen LogP contribution is -2.25. The maximum Gasteiger partial charge on any atom is 0.0911 e. The molecular formula is C15H23NO. The second-order valence-corrected chi connectivity index (χ2v) is 6.36. The molecule has 0 heterocycles. The molecule has 17 heavy (non-hydrogen) atoms. The van der Waals surface area contributed by atoms with Gasteiger partial charge in [-0.25, -0.2) is 0 Å². The lowest BCUT2D eigenvalue weighted by Gasteiger charge is -2.25. The molecule has 1 aliphatic rings. The topological polar surface area (TPSA) is 46.2 Å². The molecule has 0 spiro atoms. The van der Waals surface area contributed by atoms with Gasteiger partial charge in [0.2, 0.25) is 0 Å². The molecule has 2 unspecified atom stereocenters. The number of aliphatic hydroxyl groups is 1. The van der Waals surface area contributed by atoms with Crippen LogP contribution in [-0.4, -0.2) is 11.1 Å². The quantitative estimate of drug-likeness (QED) is 0.783. The minimum atomic E-state index is -0.699. The van der Waals surface area contributed by atoms with Gasteiger partial charge in [-0.1, -0.05) is 45.0 Å². The van der Waals surface area contributed by atoms with Crippen LogP contribution in [0.3, 0.4) is 0 Å². The van der Waals surface area contributed by atoms with Crippen LogP contribution in [0.15, 0.2) is 24.3 Å². The van der Waals surface area contributed by atoms with Crippen molar-refractivity contribution in [3.63, 3.8) is 0 Å². The summed E-state index contributed by atoms with van der Waals surface area (Å²) >= 11 is 0. The number of rotatable bonds is 1. The molecule has 0 aromatic heterocycles. The maximum absolute atomic E-state index is 10.5. The highest BCUT2D eigenvalue weighted by Crippen LogP contribution is 2.38. The van der Waals surface area contributed by atoms with E-state index in [9.17, 15) is 5.11 Å². The van der Waals surface area contributed by atoms with Crippen molar-refractivity contribution in [3.8, 4) is 0 Å². The number of nitrogens with two attached hydrogens (primary N) is 1. The van der Waals surface area contributed by atoms with E-state index in [-0.39, 0.29) is 11.5 Å². The Bertz CT molecular complexity index is 390. The summed E-state index contributed by atoms with van der Waals surface area (Å²) in [6.45, 7) is 6.59. The van der Waals surface area contributed by atoms with Gasteiger partial charge >= 0.3 is 0 Å². The maximum atomic E-state index is 10.5. The van der Waals surface area contributed by atoms with Crippen LogP contribution in [0.5, 0.6) is 0 Å².